The van der Waals surface area contributed by atoms with Gasteiger partial charge in [0.2, 0.25) is 0 Å². The molecule has 2 aliphatic carbocycles. The van der Waals surface area contributed by atoms with E-state index in [0.29, 0.717) is 0 Å². The van der Waals surface area contributed by atoms with Crippen LogP contribution in [0.1, 0.15) is 128 Å². The maximum atomic E-state index is 11.8. The molecule has 2 aromatic carbocycles. The van der Waals surface area contributed by atoms with Gasteiger partial charge in [0.25, 0.3) is 0 Å². The Morgan fingerprint density at radius 3 is 1.53 bits per heavy atom. The molecule has 4 rings (SSSR count). The lowest BCUT2D eigenvalue weighted by atomic mass is 9.50. The van der Waals surface area contributed by atoms with Crippen LogP contribution < -0.4 is 0 Å². The number of hydrogen-bond acceptors (Lipinski definition) is 3. The Hall–Kier alpha value is -3.86. The van der Waals surface area contributed by atoms with Crippen molar-refractivity contribution >= 4 is 35.7 Å². The molecular formula is C42H54O5. The molecule has 0 aromatic heterocycles. The van der Waals surface area contributed by atoms with Crippen molar-refractivity contribution in [2.45, 2.75) is 106 Å². The van der Waals surface area contributed by atoms with Crippen LogP contribution >= 0.6 is 0 Å². The van der Waals surface area contributed by atoms with Crippen molar-refractivity contribution in [1.29, 1.82) is 0 Å². The fraction of sp³-hybridized carbons (Fsp3) is 0.476. The molecule has 2 N–H and O–H groups in total. The van der Waals surface area contributed by atoms with Crippen molar-refractivity contribution in [3.63, 3.8) is 0 Å². The molecule has 2 saturated carbocycles. The molecule has 0 unspecified atom stereocenters. The highest BCUT2D eigenvalue weighted by atomic mass is 16.5. The highest BCUT2D eigenvalue weighted by molar-refractivity contribution is 5.88. The first-order chi connectivity index (χ1) is 22.2. The largest absolute Gasteiger partial charge is 0.478 e. The van der Waals surface area contributed by atoms with E-state index >= 15 is 0 Å². The van der Waals surface area contributed by atoms with Crippen LogP contribution in [0.25, 0.3) is 23.8 Å². The van der Waals surface area contributed by atoms with Crippen molar-refractivity contribution in [2.24, 2.45) is 21.7 Å². The summed E-state index contributed by atoms with van der Waals surface area (Å²) in [5, 5.41) is 18.9. The summed E-state index contributed by atoms with van der Waals surface area (Å²) in [5.74, 6) is -0.954. The van der Waals surface area contributed by atoms with Crippen LogP contribution in [0, 0.1) is 21.7 Å². The van der Waals surface area contributed by atoms with Gasteiger partial charge in [-0.1, -0.05) is 129 Å². The summed E-state index contributed by atoms with van der Waals surface area (Å²) in [6, 6.07) is 16.0. The van der Waals surface area contributed by atoms with Crippen LogP contribution in [-0.2, 0) is 14.3 Å². The van der Waals surface area contributed by atoms with E-state index in [0.717, 1.165) is 85.5 Å². The van der Waals surface area contributed by atoms with Gasteiger partial charge in [0.05, 0.1) is 6.26 Å². The average molecular weight is 639 g/mol. The van der Waals surface area contributed by atoms with E-state index in [9.17, 15) is 19.8 Å². The molecule has 252 valence electrons. The zero-order valence-corrected chi connectivity index (χ0v) is 29.3. The highest BCUT2D eigenvalue weighted by Crippen LogP contribution is 2.64. The fourth-order valence-electron chi connectivity index (χ4n) is 8.19. The van der Waals surface area contributed by atoms with E-state index in [1.54, 1.807) is 18.4 Å². The molecule has 2 aromatic rings. The zero-order valence-electron chi connectivity index (χ0n) is 29.3. The lowest BCUT2D eigenvalue weighted by Gasteiger charge is -2.54. The normalized spacial score (nSPS) is 19.2. The number of benzene rings is 2. The van der Waals surface area contributed by atoms with Crippen LogP contribution in [0.4, 0.5) is 0 Å². The lowest BCUT2D eigenvalue weighted by Crippen LogP contribution is -2.45. The summed E-state index contributed by atoms with van der Waals surface area (Å²) in [4.78, 5) is 23.1. The van der Waals surface area contributed by atoms with E-state index in [2.05, 4.69) is 53.7 Å². The van der Waals surface area contributed by atoms with Crippen LogP contribution in [-0.4, -0.2) is 22.2 Å². The number of ether oxygens (including phenoxy) is 1. The van der Waals surface area contributed by atoms with Gasteiger partial charge in [0, 0.05) is 28.6 Å². The van der Waals surface area contributed by atoms with Crippen molar-refractivity contribution in [1.82, 2.24) is 0 Å². The van der Waals surface area contributed by atoms with Gasteiger partial charge in [-0.15, -0.1) is 0 Å². The van der Waals surface area contributed by atoms with Crippen LogP contribution in [0.5, 0.6) is 0 Å². The minimum Gasteiger partial charge on any atom is -0.478 e. The minimum atomic E-state index is -0.991. The lowest BCUT2D eigenvalue weighted by molar-refractivity contribution is -0.132. The molecule has 0 heterocycles. The summed E-state index contributed by atoms with van der Waals surface area (Å²) < 4.78 is 7.18. The second-order valence-electron chi connectivity index (χ2n) is 15.5. The molecule has 5 nitrogen and oxygen atoms in total. The third-order valence-corrected chi connectivity index (χ3v) is 10.9. The Kier molecular flexibility index (Phi) is 11.4. The van der Waals surface area contributed by atoms with Gasteiger partial charge in [0.1, 0.15) is 5.76 Å². The molecule has 0 spiro atoms. The van der Waals surface area contributed by atoms with Crippen molar-refractivity contribution in [3.8, 4) is 0 Å². The first-order valence-corrected chi connectivity index (χ1v) is 17.3. The first-order valence-electron chi connectivity index (χ1n) is 17.3. The molecule has 0 bridgehead atoms. The second kappa shape index (κ2) is 14.9. The predicted octanol–water partition coefficient (Wildman–Crippen LogP) is 11.3. The number of carbonyl (C=O) groups is 2. The van der Waals surface area contributed by atoms with E-state index in [1.807, 2.05) is 42.5 Å². The topological polar surface area (TPSA) is 83.8 Å². The maximum Gasteiger partial charge on any atom is 0.328 e. The van der Waals surface area contributed by atoms with E-state index in [4.69, 9.17) is 4.74 Å². The highest BCUT2D eigenvalue weighted by Gasteiger charge is 2.54. The number of carboxylic acid groups (broad SMARTS) is 2. The molecule has 2 aliphatic rings. The number of allylic oxidation sites excluding steroid dienone is 2. The molecular weight excluding hydrogens is 584 g/mol. The standard InChI is InChI=1S/C42H54O5/c1-39(2,3)41(26-13-7-14-27-41)37(34-20-12-11-19-33(34)22-24-36(45)46)38(42(40(4,5)6)28-15-8-16-29-42)47-30-25-32-18-10-9-17-31(32)21-23-35(43)44/h9-12,17-25,30H,7-8,13-16,26-29H2,1-6H3,(H,43,44)(H,45,46). The SMILES string of the molecule is CC(C)(C)C1(C(OC=Cc2ccccc2C=CC(=O)O)=C(c2ccccc2C=CC(=O)O)C2(C(C)(C)C)CCCCC2)CCCCC1. The number of rotatable bonds is 10. The third kappa shape index (κ3) is 8.00. The van der Waals surface area contributed by atoms with Crippen molar-refractivity contribution in [2.75, 3.05) is 0 Å². The minimum absolute atomic E-state index is 0.104. The fourth-order valence-corrected chi connectivity index (χ4v) is 8.19. The van der Waals surface area contributed by atoms with Crippen LogP contribution in [0.2, 0.25) is 0 Å². The Bertz CT molecular complexity index is 1530. The number of hydrogen-bond donors (Lipinski definition) is 2. The first kappa shape index (κ1) is 36.0. The summed E-state index contributed by atoms with van der Waals surface area (Å²) >= 11 is 0. The predicted molar refractivity (Wildman–Crippen MR) is 193 cm³/mol. The molecule has 2 fully saturated rings. The summed E-state index contributed by atoms with van der Waals surface area (Å²) in [6.07, 6.45) is 20.5. The van der Waals surface area contributed by atoms with Gasteiger partial charge >= 0.3 is 11.9 Å². The van der Waals surface area contributed by atoms with Gasteiger partial charge in [-0.3, -0.25) is 0 Å². The summed E-state index contributed by atoms with van der Waals surface area (Å²) in [5.41, 5.74) is 4.12. The van der Waals surface area contributed by atoms with Gasteiger partial charge in [-0.25, -0.2) is 9.59 Å². The Morgan fingerprint density at radius 2 is 1.04 bits per heavy atom. The van der Waals surface area contributed by atoms with Gasteiger partial charge in [0.15, 0.2) is 0 Å². The second-order valence-corrected chi connectivity index (χ2v) is 15.5. The quantitative estimate of drug-likeness (QED) is 0.200. The van der Waals surface area contributed by atoms with Crippen LogP contribution in [0.3, 0.4) is 0 Å². The van der Waals surface area contributed by atoms with E-state index in [1.165, 1.54) is 24.5 Å². The molecule has 0 aliphatic heterocycles. The number of carboxylic acids is 2. The molecule has 0 amide bonds. The molecule has 0 saturated heterocycles. The van der Waals surface area contributed by atoms with Crippen molar-refractivity contribution < 1.29 is 24.5 Å². The Labute approximate surface area is 282 Å². The number of aliphatic carboxylic acids is 2. The third-order valence-electron chi connectivity index (χ3n) is 10.9. The molecule has 47 heavy (non-hydrogen) atoms. The maximum absolute atomic E-state index is 11.8. The molecule has 0 radical (unpaired) electrons. The van der Waals surface area contributed by atoms with Crippen molar-refractivity contribution in [3.05, 3.63) is 95.0 Å². The van der Waals surface area contributed by atoms with E-state index in [-0.39, 0.29) is 21.7 Å². The van der Waals surface area contributed by atoms with Gasteiger partial charge < -0.3 is 14.9 Å². The molecule has 5 heteroatoms. The molecule has 0 atom stereocenters. The summed E-state index contributed by atoms with van der Waals surface area (Å²) in [7, 11) is 0. The van der Waals surface area contributed by atoms with E-state index < -0.39 is 11.9 Å². The summed E-state index contributed by atoms with van der Waals surface area (Å²) in [6.45, 7) is 14.1. The Balaban J connectivity index is 2.10. The van der Waals surface area contributed by atoms with Crippen LogP contribution in [0.15, 0.2) is 72.7 Å². The Morgan fingerprint density at radius 1 is 0.617 bits per heavy atom. The monoisotopic (exact) mass is 638 g/mol. The van der Waals surface area contributed by atoms with Gasteiger partial charge in [-0.05, 0) is 77.0 Å². The smallest absolute Gasteiger partial charge is 0.328 e. The average Bonchev–Trinajstić information content (AvgIpc) is 3.03. The zero-order chi connectivity index (χ0) is 34.3. The van der Waals surface area contributed by atoms with Gasteiger partial charge in [-0.2, -0.15) is 0 Å².